The highest BCUT2D eigenvalue weighted by Gasteiger charge is 2.46. The summed E-state index contributed by atoms with van der Waals surface area (Å²) in [5, 5.41) is 23.3. The van der Waals surface area contributed by atoms with Gasteiger partial charge in [-0.3, -0.25) is 19.5 Å². The largest absolute Gasteiger partial charge is 0.510 e. The second-order valence-corrected chi connectivity index (χ2v) is 11.7. The number of allylic oxidation sites excluding steroid dienone is 2. The predicted molar refractivity (Wildman–Crippen MR) is 164 cm³/mol. The Morgan fingerprint density at radius 1 is 1.07 bits per heavy atom. The molecule has 1 atom stereocenters. The van der Waals surface area contributed by atoms with Crippen LogP contribution in [0.2, 0.25) is 0 Å². The van der Waals surface area contributed by atoms with E-state index in [0.717, 1.165) is 42.5 Å². The van der Waals surface area contributed by atoms with Gasteiger partial charge in [-0.2, -0.15) is 5.10 Å². The number of aromatic amines is 1. The first-order valence-electron chi connectivity index (χ1n) is 14.6. The van der Waals surface area contributed by atoms with E-state index in [-0.39, 0.29) is 41.2 Å². The Bertz CT molecular complexity index is 1640. The lowest BCUT2D eigenvalue weighted by molar-refractivity contribution is -0.117. The highest BCUT2D eigenvalue weighted by molar-refractivity contribution is 6.32. The molecule has 5 rings (SSSR count). The first-order chi connectivity index (χ1) is 20.0. The molecule has 0 spiro atoms. The average Bonchev–Trinajstić information content (AvgIpc) is 3.36. The lowest BCUT2D eigenvalue weighted by atomic mass is 9.74. The number of aliphatic hydroxyl groups is 1. The molecule has 0 saturated heterocycles. The number of carbonyl (C=O) groups is 2. The molecule has 1 saturated carbocycles. The van der Waals surface area contributed by atoms with Crippen molar-refractivity contribution in [3.8, 4) is 0 Å². The quantitative estimate of drug-likeness (QED) is 0.262. The number of anilines is 1. The second-order valence-electron chi connectivity index (χ2n) is 11.7. The summed E-state index contributed by atoms with van der Waals surface area (Å²) in [5.74, 6) is -1.53. The monoisotopic (exact) mass is 572 g/mol. The van der Waals surface area contributed by atoms with Gasteiger partial charge in [-0.05, 0) is 63.8 Å². The van der Waals surface area contributed by atoms with Gasteiger partial charge >= 0.3 is 0 Å². The van der Waals surface area contributed by atoms with Gasteiger partial charge in [0.2, 0.25) is 5.91 Å². The third-order valence-corrected chi connectivity index (χ3v) is 8.68. The number of ketones is 1. The molecule has 1 amide bonds. The first-order valence-corrected chi connectivity index (χ1v) is 14.6. The standard InChI is InChI=1S/C32H40N6O4/c1-18-20(3)37(17-25(39)34-23-14-12-22(13-15-23)16-33-36(5)6)21(4)26(18)28-30(40)29(31(28)41)27-19(2)35-38(32(27)42)24-10-8-7-9-11-24/h12-16,24,29,35,40H,7-11,17H2,1-6H3,(H,34,39)/b33-16+. The zero-order valence-corrected chi connectivity index (χ0v) is 25.2. The van der Waals surface area contributed by atoms with Crippen molar-refractivity contribution in [1.82, 2.24) is 19.4 Å². The fourth-order valence-corrected chi connectivity index (χ4v) is 6.32. The smallest absolute Gasteiger partial charge is 0.271 e. The Balaban J connectivity index is 1.37. The molecule has 3 N–H and O–H groups in total. The molecule has 2 heterocycles. The van der Waals surface area contributed by atoms with E-state index in [1.165, 1.54) is 6.42 Å². The molecular weight excluding hydrogens is 532 g/mol. The topological polar surface area (TPSA) is 125 Å². The summed E-state index contributed by atoms with van der Waals surface area (Å²) in [7, 11) is 3.69. The van der Waals surface area contributed by atoms with Crippen molar-refractivity contribution in [3.05, 3.63) is 79.7 Å². The van der Waals surface area contributed by atoms with Crippen molar-refractivity contribution in [3.63, 3.8) is 0 Å². The fourth-order valence-electron chi connectivity index (χ4n) is 6.32. The SMILES string of the molecule is Cc1[nH]n(C2CCCCC2)c(=O)c1C1C(=O)C(c2c(C)c(C)n(CC(=O)Nc3ccc(/C=N/N(C)C)cc3)c2C)=C1O. The number of aromatic nitrogens is 3. The van der Waals surface area contributed by atoms with Crippen LogP contribution in [0.5, 0.6) is 0 Å². The number of aryl methyl sites for hydroxylation is 1. The van der Waals surface area contributed by atoms with E-state index in [0.29, 0.717) is 28.2 Å². The molecule has 2 aliphatic carbocycles. The first kappa shape index (κ1) is 29.2. The van der Waals surface area contributed by atoms with Crippen molar-refractivity contribution in [2.75, 3.05) is 19.4 Å². The molecule has 0 aliphatic heterocycles. The third-order valence-electron chi connectivity index (χ3n) is 8.68. The van der Waals surface area contributed by atoms with E-state index in [1.807, 2.05) is 63.7 Å². The molecule has 0 radical (unpaired) electrons. The van der Waals surface area contributed by atoms with E-state index >= 15 is 0 Å². The van der Waals surface area contributed by atoms with Crippen LogP contribution in [0.1, 0.15) is 83.4 Å². The summed E-state index contributed by atoms with van der Waals surface area (Å²) < 4.78 is 3.51. The number of aliphatic hydroxyl groups excluding tert-OH is 1. The molecule has 42 heavy (non-hydrogen) atoms. The zero-order chi connectivity index (χ0) is 30.3. The molecule has 2 aliphatic rings. The molecule has 2 aromatic heterocycles. The Labute approximate surface area is 245 Å². The maximum Gasteiger partial charge on any atom is 0.271 e. The van der Waals surface area contributed by atoms with Gasteiger partial charge in [-0.1, -0.05) is 31.4 Å². The van der Waals surface area contributed by atoms with Crippen molar-refractivity contribution >= 4 is 29.2 Å². The van der Waals surface area contributed by atoms with Crippen LogP contribution < -0.4 is 10.9 Å². The Hall–Kier alpha value is -4.34. The van der Waals surface area contributed by atoms with Crippen molar-refractivity contribution in [1.29, 1.82) is 0 Å². The molecule has 1 unspecified atom stereocenters. The summed E-state index contributed by atoms with van der Waals surface area (Å²) in [4.78, 5) is 40.0. The number of amides is 1. The average molecular weight is 573 g/mol. The number of H-pyrrole nitrogens is 1. The lowest BCUT2D eigenvalue weighted by Gasteiger charge is -2.28. The minimum atomic E-state index is -0.968. The third kappa shape index (κ3) is 5.21. The number of carbonyl (C=O) groups excluding carboxylic acids is 2. The summed E-state index contributed by atoms with van der Waals surface area (Å²) in [6.45, 7) is 7.47. The molecule has 1 fully saturated rings. The van der Waals surface area contributed by atoms with E-state index in [2.05, 4.69) is 15.5 Å². The van der Waals surface area contributed by atoms with Gasteiger partial charge < -0.3 is 20.0 Å². The number of hydrogen-bond acceptors (Lipinski definition) is 6. The van der Waals surface area contributed by atoms with Crippen LogP contribution in [0.3, 0.4) is 0 Å². The number of rotatable bonds is 8. The van der Waals surface area contributed by atoms with Gasteiger partial charge in [0.25, 0.3) is 5.56 Å². The van der Waals surface area contributed by atoms with E-state index < -0.39 is 5.92 Å². The van der Waals surface area contributed by atoms with Crippen molar-refractivity contribution in [2.24, 2.45) is 5.10 Å². The highest BCUT2D eigenvalue weighted by atomic mass is 16.3. The molecule has 1 aromatic carbocycles. The molecule has 222 valence electrons. The molecule has 3 aromatic rings. The van der Waals surface area contributed by atoms with E-state index in [1.54, 1.807) is 22.8 Å². The predicted octanol–water partition coefficient (Wildman–Crippen LogP) is 4.89. The van der Waals surface area contributed by atoms with Gasteiger partial charge in [-0.15, -0.1) is 0 Å². The van der Waals surface area contributed by atoms with Crippen molar-refractivity contribution < 1.29 is 14.7 Å². The maximum atomic E-state index is 13.6. The van der Waals surface area contributed by atoms with Gasteiger partial charge in [0.15, 0.2) is 5.78 Å². The number of hydrazone groups is 1. The maximum absolute atomic E-state index is 13.6. The molecule has 10 heteroatoms. The zero-order valence-electron chi connectivity index (χ0n) is 25.2. The number of Topliss-reactive ketones (excluding diaryl/α,β-unsaturated/α-hetero) is 1. The summed E-state index contributed by atoms with van der Waals surface area (Å²) >= 11 is 0. The number of nitrogens with zero attached hydrogens (tertiary/aromatic N) is 4. The number of hydrogen-bond donors (Lipinski definition) is 3. The normalized spacial score (nSPS) is 17.7. The number of nitrogens with one attached hydrogen (secondary N) is 2. The van der Waals surface area contributed by atoms with Crippen LogP contribution in [0, 0.1) is 27.7 Å². The summed E-state index contributed by atoms with van der Waals surface area (Å²) in [6, 6.07) is 7.49. The van der Waals surface area contributed by atoms with Crippen LogP contribution in [-0.4, -0.2) is 56.5 Å². The van der Waals surface area contributed by atoms with Crippen LogP contribution in [0.4, 0.5) is 5.69 Å². The molecule has 0 bridgehead atoms. The lowest BCUT2D eigenvalue weighted by Crippen LogP contribution is -2.34. The van der Waals surface area contributed by atoms with Crippen molar-refractivity contribution in [2.45, 2.75) is 78.3 Å². The van der Waals surface area contributed by atoms with Gasteiger partial charge in [0, 0.05) is 42.4 Å². The van der Waals surface area contributed by atoms with E-state index in [9.17, 15) is 19.5 Å². The highest BCUT2D eigenvalue weighted by Crippen LogP contribution is 2.45. The summed E-state index contributed by atoms with van der Waals surface area (Å²) in [6.07, 6.45) is 6.93. The van der Waals surface area contributed by atoms with Gasteiger partial charge in [-0.25, -0.2) is 4.68 Å². The van der Waals surface area contributed by atoms with Gasteiger partial charge in [0.05, 0.1) is 23.4 Å². The molecule has 10 nitrogen and oxygen atoms in total. The van der Waals surface area contributed by atoms with Gasteiger partial charge in [0.1, 0.15) is 18.2 Å². The van der Waals surface area contributed by atoms with Crippen LogP contribution in [0.15, 0.2) is 39.9 Å². The number of benzene rings is 1. The minimum Gasteiger partial charge on any atom is -0.510 e. The minimum absolute atomic E-state index is 0.0526. The van der Waals surface area contributed by atoms with Crippen LogP contribution in [-0.2, 0) is 16.1 Å². The Kier molecular flexibility index (Phi) is 7.99. The second kappa shape index (κ2) is 11.5. The Morgan fingerprint density at radius 2 is 1.74 bits per heavy atom. The van der Waals surface area contributed by atoms with E-state index in [4.69, 9.17) is 0 Å². The fraction of sp³-hybridized carbons (Fsp3) is 0.438. The Morgan fingerprint density at radius 3 is 2.36 bits per heavy atom. The van der Waals surface area contributed by atoms with Crippen LogP contribution >= 0.6 is 0 Å². The molecular formula is C32H40N6O4. The van der Waals surface area contributed by atoms with Crippen LogP contribution in [0.25, 0.3) is 5.57 Å². The summed E-state index contributed by atoms with van der Waals surface area (Å²) in [5.41, 5.74) is 5.54.